The van der Waals surface area contributed by atoms with E-state index in [4.69, 9.17) is 10.8 Å². The Morgan fingerprint density at radius 3 is 2.71 bits per heavy atom. The van der Waals surface area contributed by atoms with Crippen LogP contribution >= 0.6 is 0 Å². The minimum Gasteiger partial charge on any atom is -0.306 e. The lowest BCUT2D eigenvalue weighted by Crippen LogP contribution is -2.43. The molecule has 0 saturated heterocycles. The van der Waals surface area contributed by atoms with E-state index in [1.54, 1.807) is 0 Å². The molecule has 1 aromatic rings. The summed E-state index contributed by atoms with van der Waals surface area (Å²) in [6.07, 6.45) is 5.91. The molecule has 0 atom stereocenters. The van der Waals surface area contributed by atoms with Crippen LogP contribution < -0.4 is 10.2 Å². The van der Waals surface area contributed by atoms with Gasteiger partial charge in [0.05, 0.1) is 12.2 Å². The van der Waals surface area contributed by atoms with Gasteiger partial charge in [-0.1, -0.05) is 37.0 Å². The van der Waals surface area contributed by atoms with Gasteiger partial charge in [-0.3, -0.25) is 15.7 Å². The molecule has 4 heteroatoms. The van der Waals surface area contributed by atoms with E-state index in [2.05, 4.69) is 30.4 Å². The predicted octanol–water partition coefficient (Wildman–Crippen LogP) is 3.44. The number of nitrogens with one attached hydrogen (secondary N) is 3. The zero-order valence-corrected chi connectivity index (χ0v) is 12.7. The van der Waals surface area contributed by atoms with E-state index in [-0.39, 0.29) is 0 Å². The van der Waals surface area contributed by atoms with Gasteiger partial charge in [-0.25, -0.2) is 0 Å². The molecule has 3 rings (SSSR count). The van der Waals surface area contributed by atoms with E-state index in [0.717, 1.165) is 25.1 Å². The molecular formula is C17H24N4. The summed E-state index contributed by atoms with van der Waals surface area (Å²) < 4.78 is 0. The quantitative estimate of drug-likeness (QED) is 0.546. The molecule has 0 amide bonds. The number of fused-ring (bicyclic) bond motifs is 1. The highest BCUT2D eigenvalue weighted by atomic mass is 15.2. The monoisotopic (exact) mass is 284 g/mol. The first kappa shape index (κ1) is 14.3. The Morgan fingerprint density at radius 1 is 1.19 bits per heavy atom. The van der Waals surface area contributed by atoms with E-state index in [1.165, 1.54) is 30.4 Å². The Bertz CT molecular complexity index is 558. The molecule has 1 heterocycles. The topological polar surface area (TPSA) is 63.0 Å². The average Bonchev–Trinajstić information content (AvgIpc) is 2.65. The number of aryl methyl sites for hydroxylation is 1. The van der Waals surface area contributed by atoms with Gasteiger partial charge in [-0.15, -0.1) is 0 Å². The van der Waals surface area contributed by atoms with Crippen LogP contribution in [0.3, 0.4) is 0 Å². The van der Waals surface area contributed by atoms with Gasteiger partial charge in [-0.05, 0) is 31.4 Å². The summed E-state index contributed by atoms with van der Waals surface area (Å²) in [5.41, 5.74) is 3.44. The number of anilines is 1. The van der Waals surface area contributed by atoms with Crippen molar-refractivity contribution in [3.8, 4) is 0 Å². The molecule has 3 N–H and O–H groups in total. The van der Waals surface area contributed by atoms with E-state index in [1.807, 2.05) is 4.90 Å². The van der Waals surface area contributed by atoms with Crippen LogP contribution in [-0.2, 0) is 6.54 Å². The Labute approximate surface area is 126 Å². The van der Waals surface area contributed by atoms with E-state index in [9.17, 15) is 0 Å². The van der Waals surface area contributed by atoms with Crippen molar-refractivity contribution in [2.24, 2.45) is 5.92 Å². The lowest BCUT2D eigenvalue weighted by Gasteiger charge is -2.32. The first-order valence-electron chi connectivity index (χ1n) is 7.93. The SMILES string of the molecule is Cc1ccc2c(c1)CNCC(=N)N2C(=N)C1CCCCC1. The van der Waals surface area contributed by atoms with Crippen LogP contribution in [0.25, 0.3) is 0 Å². The lowest BCUT2D eigenvalue weighted by atomic mass is 9.87. The predicted molar refractivity (Wildman–Crippen MR) is 87.4 cm³/mol. The van der Waals surface area contributed by atoms with Crippen LogP contribution in [0.1, 0.15) is 43.2 Å². The smallest absolute Gasteiger partial charge is 0.120 e. The third-order valence-electron chi connectivity index (χ3n) is 4.59. The molecular weight excluding hydrogens is 260 g/mol. The zero-order chi connectivity index (χ0) is 14.8. The second-order valence-electron chi connectivity index (χ2n) is 6.24. The Hall–Kier alpha value is -1.68. The number of rotatable bonds is 1. The van der Waals surface area contributed by atoms with Crippen LogP contribution in [0, 0.1) is 23.7 Å². The normalized spacial score (nSPS) is 20.0. The Kier molecular flexibility index (Phi) is 4.06. The van der Waals surface area contributed by atoms with Gasteiger partial charge in [-0.2, -0.15) is 0 Å². The summed E-state index contributed by atoms with van der Waals surface area (Å²) in [5.74, 6) is 1.42. The minimum absolute atomic E-state index is 0.311. The summed E-state index contributed by atoms with van der Waals surface area (Å²) in [6, 6.07) is 6.32. The summed E-state index contributed by atoms with van der Waals surface area (Å²) in [5, 5.41) is 20.3. The van der Waals surface area contributed by atoms with E-state index in [0.29, 0.717) is 24.1 Å². The van der Waals surface area contributed by atoms with Gasteiger partial charge in [0, 0.05) is 12.5 Å². The van der Waals surface area contributed by atoms with Gasteiger partial charge in [0.15, 0.2) is 0 Å². The van der Waals surface area contributed by atoms with E-state index < -0.39 is 0 Å². The van der Waals surface area contributed by atoms with E-state index >= 15 is 0 Å². The van der Waals surface area contributed by atoms with Gasteiger partial charge in [0.1, 0.15) is 11.7 Å². The van der Waals surface area contributed by atoms with Crippen LogP contribution in [0.2, 0.25) is 0 Å². The lowest BCUT2D eigenvalue weighted by molar-refractivity contribution is 0.436. The summed E-state index contributed by atoms with van der Waals surface area (Å²) >= 11 is 0. The second-order valence-corrected chi connectivity index (χ2v) is 6.24. The minimum atomic E-state index is 0.311. The van der Waals surface area contributed by atoms with Crippen molar-refractivity contribution in [2.45, 2.75) is 45.6 Å². The Morgan fingerprint density at radius 2 is 1.95 bits per heavy atom. The van der Waals surface area contributed by atoms with Crippen molar-refractivity contribution >= 4 is 17.4 Å². The van der Waals surface area contributed by atoms with Crippen LogP contribution in [0.4, 0.5) is 5.69 Å². The molecule has 1 saturated carbocycles. The highest BCUT2D eigenvalue weighted by Crippen LogP contribution is 2.30. The van der Waals surface area contributed by atoms with Gasteiger partial charge in [0.2, 0.25) is 0 Å². The van der Waals surface area contributed by atoms with Crippen LogP contribution in [0.15, 0.2) is 18.2 Å². The molecule has 0 radical (unpaired) electrons. The van der Waals surface area contributed by atoms with Crippen molar-refractivity contribution in [2.75, 3.05) is 11.4 Å². The first-order chi connectivity index (χ1) is 10.2. The van der Waals surface area contributed by atoms with Crippen molar-refractivity contribution in [3.05, 3.63) is 29.3 Å². The summed E-state index contributed by atoms with van der Waals surface area (Å²) in [7, 11) is 0. The van der Waals surface area contributed by atoms with Crippen molar-refractivity contribution < 1.29 is 0 Å². The molecule has 4 nitrogen and oxygen atoms in total. The summed E-state index contributed by atoms with van der Waals surface area (Å²) in [6.45, 7) is 3.39. The van der Waals surface area contributed by atoms with Crippen molar-refractivity contribution in [1.29, 1.82) is 10.8 Å². The van der Waals surface area contributed by atoms with Crippen LogP contribution in [0.5, 0.6) is 0 Å². The molecule has 2 aliphatic rings. The molecule has 112 valence electrons. The molecule has 0 bridgehead atoms. The fourth-order valence-electron chi connectivity index (χ4n) is 3.45. The number of benzene rings is 1. The molecule has 1 aromatic carbocycles. The molecule has 21 heavy (non-hydrogen) atoms. The number of amidine groups is 2. The highest BCUT2D eigenvalue weighted by molar-refractivity contribution is 6.19. The first-order valence-corrected chi connectivity index (χ1v) is 7.93. The van der Waals surface area contributed by atoms with Crippen molar-refractivity contribution in [3.63, 3.8) is 0 Å². The molecule has 0 spiro atoms. The number of hydrogen-bond acceptors (Lipinski definition) is 3. The molecule has 0 aromatic heterocycles. The zero-order valence-electron chi connectivity index (χ0n) is 12.7. The maximum Gasteiger partial charge on any atom is 0.120 e. The maximum atomic E-state index is 8.65. The summed E-state index contributed by atoms with van der Waals surface area (Å²) in [4.78, 5) is 1.88. The second kappa shape index (κ2) is 5.98. The molecule has 0 unspecified atom stereocenters. The highest BCUT2D eigenvalue weighted by Gasteiger charge is 2.28. The van der Waals surface area contributed by atoms with Crippen LogP contribution in [-0.4, -0.2) is 18.2 Å². The molecule has 1 aliphatic carbocycles. The maximum absolute atomic E-state index is 8.65. The number of hydrogen-bond donors (Lipinski definition) is 3. The van der Waals surface area contributed by atoms with Gasteiger partial charge >= 0.3 is 0 Å². The average molecular weight is 284 g/mol. The van der Waals surface area contributed by atoms with Gasteiger partial charge < -0.3 is 5.32 Å². The van der Waals surface area contributed by atoms with Crippen molar-refractivity contribution in [1.82, 2.24) is 5.32 Å². The standard InChI is InChI=1S/C17H24N4/c1-12-7-8-15-14(9-12)10-20-11-16(18)21(15)17(19)13-5-3-2-4-6-13/h7-9,13,18-20H,2-6,10-11H2,1H3. The Balaban J connectivity index is 1.95. The molecule has 1 aliphatic heterocycles. The number of nitrogens with zero attached hydrogens (tertiary/aromatic N) is 1. The van der Waals surface area contributed by atoms with Gasteiger partial charge in [0.25, 0.3) is 0 Å². The molecule has 1 fully saturated rings. The third kappa shape index (κ3) is 2.86. The third-order valence-corrected chi connectivity index (χ3v) is 4.59. The fourth-order valence-corrected chi connectivity index (χ4v) is 3.45. The fraction of sp³-hybridized carbons (Fsp3) is 0.529. The largest absolute Gasteiger partial charge is 0.306 e.